The maximum absolute atomic E-state index is 11.0. The molecule has 1 amide bonds. The standard InChI is InChI=1S/C26H30N6O3/c1-25(2,34)15-35-21-6-22(24-20(9-27)11-30-32(24)14-21)17-4-5-23(28-10-17)31-12-18-7-26(3,29-16-33)8-19(18)13-31/h4-6,10-11,14,16,18-19,34H,7-8,12-13,15H2,1-3H3,(H,29,33)/t18-,19+,26+. The molecule has 9 heteroatoms. The summed E-state index contributed by atoms with van der Waals surface area (Å²) in [6.07, 6.45) is 7.86. The third-order valence-electron chi connectivity index (χ3n) is 7.09. The van der Waals surface area contributed by atoms with Gasteiger partial charge in [-0.25, -0.2) is 9.50 Å². The molecular formula is C26H30N6O3. The Kier molecular flexibility index (Phi) is 5.64. The quantitative estimate of drug-likeness (QED) is 0.506. The van der Waals surface area contributed by atoms with Gasteiger partial charge in [0.1, 0.15) is 24.2 Å². The zero-order valence-corrected chi connectivity index (χ0v) is 20.2. The lowest BCUT2D eigenvalue weighted by Crippen LogP contribution is -2.40. The first-order chi connectivity index (χ1) is 16.7. The maximum Gasteiger partial charge on any atom is 0.207 e. The number of hydrogen-bond acceptors (Lipinski definition) is 7. The van der Waals surface area contributed by atoms with Crippen LogP contribution in [0.1, 0.15) is 39.2 Å². The van der Waals surface area contributed by atoms with Crippen LogP contribution in [0, 0.1) is 23.2 Å². The molecule has 1 aliphatic carbocycles. The van der Waals surface area contributed by atoms with Crippen LogP contribution in [0.4, 0.5) is 5.82 Å². The summed E-state index contributed by atoms with van der Waals surface area (Å²) in [4.78, 5) is 18.0. The molecule has 0 spiro atoms. The van der Waals surface area contributed by atoms with Gasteiger partial charge in [0.15, 0.2) is 0 Å². The molecule has 9 nitrogen and oxygen atoms in total. The van der Waals surface area contributed by atoms with Crippen molar-refractivity contribution < 1.29 is 14.6 Å². The monoisotopic (exact) mass is 474 g/mol. The van der Waals surface area contributed by atoms with E-state index in [0.717, 1.165) is 49.3 Å². The Bertz CT molecular complexity index is 1270. The fourth-order valence-corrected chi connectivity index (χ4v) is 5.56. The Hall–Kier alpha value is -3.64. The van der Waals surface area contributed by atoms with Crippen molar-refractivity contribution >= 4 is 17.7 Å². The largest absolute Gasteiger partial charge is 0.489 e. The number of anilines is 1. The zero-order chi connectivity index (χ0) is 24.8. The van der Waals surface area contributed by atoms with Crippen molar-refractivity contribution in [3.05, 3.63) is 42.4 Å². The Balaban J connectivity index is 1.40. The highest BCUT2D eigenvalue weighted by molar-refractivity contribution is 5.85. The van der Waals surface area contributed by atoms with E-state index in [1.54, 1.807) is 24.6 Å². The number of nitriles is 1. The summed E-state index contributed by atoms with van der Waals surface area (Å²) in [6.45, 7) is 7.48. The number of aromatic nitrogens is 3. The molecule has 3 atom stereocenters. The van der Waals surface area contributed by atoms with Gasteiger partial charge in [0.05, 0.1) is 29.1 Å². The van der Waals surface area contributed by atoms with Crippen LogP contribution < -0.4 is 15.0 Å². The van der Waals surface area contributed by atoms with E-state index in [0.29, 0.717) is 28.7 Å². The van der Waals surface area contributed by atoms with Crippen LogP contribution in [0.3, 0.4) is 0 Å². The van der Waals surface area contributed by atoms with Crippen molar-refractivity contribution in [3.63, 3.8) is 0 Å². The molecule has 2 fully saturated rings. The number of nitrogens with one attached hydrogen (secondary N) is 1. The third-order valence-corrected chi connectivity index (χ3v) is 7.09. The van der Waals surface area contributed by atoms with Gasteiger partial charge in [-0.3, -0.25) is 4.79 Å². The lowest BCUT2D eigenvalue weighted by molar-refractivity contribution is -0.111. The van der Waals surface area contributed by atoms with Crippen LogP contribution in [-0.4, -0.2) is 57.0 Å². The lowest BCUT2D eigenvalue weighted by Gasteiger charge is -2.27. The van der Waals surface area contributed by atoms with Crippen LogP contribution in [0.15, 0.2) is 36.8 Å². The number of fused-ring (bicyclic) bond motifs is 2. The molecule has 2 N–H and O–H groups in total. The second kappa shape index (κ2) is 8.54. The number of nitrogens with zero attached hydrogens (tertiary/aromatic N) is 5. The molecule has 3 aromatic heterocycles. The molecule has 0 bridgehead atoms. The predicted octanol–water partition coefficient (Wildman–Crippen LogP) is 2.77. The van der Waals surface area contributed by atoms with E-state index in [1.807, 2.05) is 24.4 Å². The molecule has 1 saturated carbocycles. The number of aliphatic hydroxyl groups is 1. The number of ether oxygens (including phenoxy) is 1. The van der Waals surface area contributed by atoms with Crippen molar-refractivity contribution in [2.75, 3.05) is 24.6 Å². The first-order valence-electron chi connectivity index (χ1n) is 11.9. The van der Waals surface area contributed by atoms with Crippen LogP contribution in [0.25, 0.3) is 16.6 Å². The third kappa shape index (κ3) is 4.54. The molecular weight excluding hydrogens is 444 g/mol. The number of carbonyl (C=O) groups excluding carboxylic acids is 1. The van der Waals surface area contributed by atoms with Gasteiger partial charge in [0.25, 0.3) is 0 Å². The smallest absolute Gasteiger partial charge is 0.207 e. The summed E-state index contributed by atoms with van der Waals surface area (Å²) in [7, 11) is 0. The fourth-order valence-electron chi connectivity index (χ4n) is 5.56. The second-order valence-electron chi connectivity index (χ2n) is 10.7. The average Bonchev–Trinajstić information content (AvgIpc) is 3.48. The average molecular weight is 475 g/mol. The molecule has 35 heavy (non-hydrogen) atoms. The van der Waals surface area contributed by atoms with Crippen LogP contribution >= 0.6 is 0 Å². The highest BCUT2D eigenvalue weighted by Gasteiger charge is 2.46. The molecule has 1 aliphatic heterocycles. The van der Waals surface area contributed by atoms with Gasteiger partial charge < -0.3 is 20.1 Å². The number of carbonyl (C=O) groups is 1. The van der Waals surface area contributed by atoms with E-state index in [1.165, 1.54) is 6.20 Å². The lowest BCUT2D eigenvalue weighted by atomic mass is 9.98. The molecule has 182 valence electrons. The summed E-state index contributed by atoms with van der Waals surface area (Å²) in [5, 5.41) is 27.0. The van der Waals surface area contributed by atoms with Gasteiger partial charge in [0.2, 0.25) is 6.41 Å². The maximum atomic E-state index is 11.0. The topological polar surface area (TPSA) is 116 Å². The molecule has 0 radical (unpaired) electrons. The second-order valence-corrected chi connectivity index (χ2v) is 10.7. The summed E-state index contributed by atoms with van der Waals surface area (Å²) in [6, 6.07) is 8.10. The Morgan fingerprint density at radius 3 is 2.66 bits per heavy atom. The highest BCUT2D eigenvalue weighted by atomic mass is 16.5. The van der Waals surface area contributed by atoms with E-state index in [4.69, 9.17) is 9.72 Å². The van der Waals surface area contributed by atoms with Crippen molar-refractivity contribution in [2.24, 2.45) is 11.8 Å². The first kappa shape index (κ1) is 23.1. The number of pyridine rings is 2. The van der Waals surface area contributed by atoms with Crippen LogP contribution in [0.5, 0.6) is 5.75 Å². The zero-order valence-electron chi connectivity index (χ0n) is 20.2. The molecule has 0 unspecified atom stereocenters. The summed E-state index contributed by atoms with van der Waals surface area (Å²) >= 11 is 0. The Morgan fingerprint density at radius 1 is 1.31 bits per heavy atom. The van der Waals surface area contributed by atoms with E-state index in [-0.39, 0.29) is 12.1 Å². The highest BCUT2D eigenvalue weighted by Crippen LogP contribution is 2.44. The van der Waals surface area contributed by atoms with Gasteiger partial charge in [0, 0.05) is 36.0 Å². The van der Waals surface area contributed by atoms with Gasteiger partial charge in [-0.2, -0.15) is 10.4 Å². The van der Waals surface area contributed by atoms with Crippen LogP contribution in [-0.2, 0) is 4.79 Å². The first-order valence-corrected chi connectivity index (χ1v) is 11.9. The normalized spacial score (nSPS) is 23.8. The summed E-state index contributed by atoms with van der Waals surface area (Å²) in [5.74, 6) is 2.56. The van der Waals surface area contributed by atoms with Gasteiger partial charge in [-0.1, -0.05) is 0 Å². The minimum absolute atomic E-state index is 0.103. The summed E-state index contributed by atoms with van der Waals surface area (Å²) in [5.41, 5.74) is 1.72. The minimum atomic E-state index is -0.977. The number of hydrogen-bond donors (Lipinski definition) is 2. The van der Waals surface area contributed by atoms with Crippen LogP contribution in [0.2, 0.25) is 0 Å². The van der Waals surface area contributed by atoms with E-state index in [9.17, 15) is 15.2 Å². The fraction of sp³-hybridized carbons (Fsp3) is 0.462. The summed E-state index contributed by atoms with van der Waals surface area (Å²) < 4.78 is 7.45. The molecule has 0 aromatic carbocycles. The predicted molar refractivity (Wildman–Crippen MR) is 131 cm³/mol. The molecule has 4 heterocycles. The Labute approximate surface area is 204 Å². The van der Waals surface area contributed by atoms with Crippen molar-refractivity contribution in [2.45, 2.75) is 44.8 Å². The van der Waals surface area contributed by atoms with Crippen molar-refractivity contribution in [3.8, 4) is 22.9 Å². The molecule has 2 aliphatic rings. The number of rotatable bonds is 7. The van der Waals surface area contributed by atoms with E-state index in [2.05, 4.69) is 28.3 Å². The van der Waals surface area contributed by atoms with Gasteiger partial charge in [-0.05, 0) is 63.6 Å². The van der Waals surface area contributed by atoms with Crippen molar-refractivity contribution in [1.82, 2.24) is 19.9 Å². The Morgan fingerprint density at radius 2 is 2.06 bits per heavy atom. The van der Waals surface area contributed by atoms with Gasteiger partial charge >= 0.3 is 0 Å². The van der Waals surface area contributed by atoms with E-state index < -0.39 is 5.60 Å². The van der Waals surface area contributed by atoms with Gasteiger partial charge in [-0.15, -0.1) is 0 Å². The SMILES string of the molecule is CC(C)(O)COc1cc(-c2ccc(N3C[C@@H]4C[C@@](C)(NC=O)C[C@@H]4C3)nc2)c2c(C#N)cnn2c1. The van der Waals surface area contributed by atoms with E-state index >= 15 is 0 Å². The molecule has 1 saturated heterocycles. The minimum Gasteiger partial charge on any atom is -0.489 e. The van der Waals surface area contributed by atoms with Crippen molar-refractivity contribution in [1.29, 1.82) is 5.26 Å². The molecule has 3 aromatic rings. The molecule has 5 rings (SSSR count). The number of amides is 1.